The van der Waals surface area contributed by atoms with Crippen LogP contribution in [0.25, 0.3) is 22.1 Å². The Hall–Kier alpha value is -2.81. The van der Waals surface area contributed by atoms with Gasteiger partial charge < -0.3 is 19.2 Å². The lowest BCUT2D eigenvalue weighted by Gasteiger charge is -2.17. The Kier molecular flexibility index (Phi) is 5.31. The Morgan fingerprint density at radius 1 is 1.24 bits per heavy atom. The van der Waals surface area contributed by atoms with Gasteiger partial charge in [0.25, 0.3) is 0 Å². The molecule has 7 nitrogen and oxygen atoms in total. The summed E-state index contributed by atoms with van der Waals surface area (Å²) in [4.78, 5) is 21.8. The van der Waals surface area contributed by atoms with E-state index >= 15 is 0 Å². The van der Waals surface area contributed by atoms with Crippen LogP contribution in [-0.2, 0) is 16.1 Å². The number of halogens is 2. The maximum Gasteiger partial charge on any atom is 0.374 e. The van der Waals surface area contributed by atoms with Crippen molar-refractivity contribution in [2.75, 3.05) is 24.6 Å². The lowest BCUT2D eigenvalue weighted by molar-refractivity contribution is -0.166. The van der Waals surface area contributed by atoms with Crippen LogP contribution in [0.3, 0.4) is 0 Å². The minimum Gasteiger partial charge on any atom is -0.477 e. The number of para-hydroxylation sites is 1. The number of hydrogen-bond donors (Lipinski definition) is 1. The van der Waals surface area contributed by atoms with Crippen LogP contribution in [0, 0.1) is 0 Å². The Morgan fingerprint density at radius 3 is 2.76 bits per heavy atom. The highest BCUT2D eigenvalue weighted by molar-refractivity contribution is 6.05. The van der Waals surface area contributed by atoms with Gasteiger partial charge in [0.1, 0.15) is 17.7 Å². The third-order valence-corrected chi connectivity index (χ3v) is 4.98. The van der Waals surface area contributed by atoms with Crippen molar-refractivity contribution in [2.45, 2.75) is 38.2 Å². The van der Waals surface area contributed by atoms with E-state index in [1.54, 1.807) is 0 Å². The van der Waals surface area contributed by atoms with E-state index in [1.807, 2.05) is 24.3 Å². The topological polar surface area (TPSA) is 88.7 Å². The van der Waals surface area contributed by atoms with Crippen molar-refractivity contribution in [3.05, 3.63) is 30.1 Å². The number of anilines is 1. The van der Waals surface area contributed by atoms with E-state index in [1.165, 1.54) is 0 Å². The monoisotopic (exact) mass is 405 g/mol. The van der Waals surface area contributed by atoms with Gasteiger partial charge in [0.2, 0.25) is 0 Å². The van der Waals surface area contributed by atoms with Gasteiger partial charge in [-0.2, -0.15) is 8.78 Å². The zero-order valence-electron chi connectivity index (χ0n) is 15.7. The average Bonchev–Trinajstić information content (AvgIpc) is 3.35. The summed E-state index contributed by atoms with van der Waals surface area (Å²) in [5.41, 5.74) is 2.07. The summed E-state index contributed by atoms with van der Waals surface area (Å²) < 4.78 is 37.7. The quantitative estimate of drug-likeness (QED) is 0.567. The molecule has 3 aromatic rings. The normalized spacial score (nSPS) is 14.9. The van der Waals surface area contributed by atoms with E-state index in [9.17, 15) is 13.6 Å². The first kappa shape index (κ1) is 19.5. The molecule has 3 heterocycles. The highest BCUT2D eigenvalue weighted by atomic mass is 19.3. The number of carboxylic acids is 1. The SMILES string of the molecule is O=C(O)C(F)(F)CCCOCc1nc(N2CCCC2)c2oc3ccccc3c2n1. The van der Waals surface area contributed by atoms with E-state index in [2.05, 4.69) is 14.9 Å². The first-order valence-electron chi connectivity index (χ1n) is 9.58. The van der Waals surface area contributed by atoms with E-state index in [0.717, 1.165) is 42.7 Å². The zero-order valence-corrected chi connectivity index (χ0v) is 15.7. The van der Waals surface area contributed by atoms with Crippen molar-refractivity contribution in [3.8, 4) is 0 Å². The Bertz CT molecular complexity index is 1030. The molecule has 1 N–H and O–H groups in total. The summed E-state index contributed by atoms with van der Waals surface area (Å²) in [6.45, 7) is 1.81. The fourth-order valence-electron chi connectivity index (χ4n) is 3.50. The third kappa shape index (κ3) is 4.00. The molecule has 29 heavy (non-hydrogen) atoms. The molecule has 0 radical (unpaired) electrons. The largest absolute Gasteiger partial charge is 0.477 e. The average molecular weight is 405 g/mol. The molecule has 154 valence electrons. The molecule has 0 amide bonds. The van der Waals surface area contributed by atoms with Crippen molar-refractivity contribution in [2.24, 2.45) is 0 Å². The van der Waals surface area contributed by atoms with Gasteiger partial charge in [0.05, 0.1) is 0 Å². The fourth-order valence-corrected chi connectivity index (χ4v) is 3.50. The Morgan fingerprint density at radius 2 is 2.00 bits per heavy atom. The molecule has 0 unspecified atom stereocenters. The number of benzene rings is 1. The number of aliphatic carboxylic acids is 1. The number of alkyl halides is 2. The number of ether oxygens (including phenoxy) is 1. The standard InChI is InChI=1S/C20H21F2N3O4/c21-20(22,19(26)27)8-5-11-28-12-15-23-16-13-6-1-2-7-14(13)29-17(16)18(24-15)25-9-3-4-10-25/h1-2,6-7H,3-5,8-12H2,(H,26,27). The van der Waals surface area contributed by atoms with Crippen molar-refractivity contribution >= 4 is 33.9 Å². The number of aromatic nitrogens is 2. The van der Waals surface area contributed by atoms with Gasteiger partial charge in [-0.05, 0) is 31.4 Å². The first-order valence-corrected chi connectivity index (χ1v) is 9.58. The number of rotatable bonds is 8. The summed E-state index contributed by atoms with van der Waals surface area (Å²) >= 11 is 0. The lowest BCUT2D eigenvalue weighted by Crippen LogP contribution is -2.28. The predicted molar refractivity (Wildman–Crippen MR) is 102 cm³/mol. The molecule has 1 fully saturated rings. The fraction of sp³-hybridized carbons (Fsp3) is 0.450. The number of carbonyl (C=O) groups is 1. The molecule has 0 bridgehead atoms. The van der Waals surface area contributed by atoms with E-state index < -0.39 is 18.3 Å². The van der Waals surface area contributed by atoms with Crippen LogP contribution in [-0.4, -0.2) is 46.7 Å². The number of carboxylic acid groups (broad SMARTS) is 1. The van der Waals surface area contributed by atoms with Crippen LogP contribution in [0.5, 0.6) is 0 Å². The number of nitrogens with zero attached hydrogens (tertiary/aromatic N) is 3. The highest BCUT2D eigenvalue weighted by Crippen LogP contribution is 2.34. The molecule has 1 aliphatic rings. The van der Waals surface area contributed by atoms with Crippen molar-refractivity contribution in [1.29, 1.82) is 0 Å². The summed E-state index contributed by atoms with van der Waals surface area (Å²) in [6.07, 6.45) is 1.31. The minimum absolute atomic E-state index is 0.00451. The highest BCUT2D eigenvalue weighted by Gasteiger charge is 2.37. The lowest BCUT2D eigenvalue weighted by atomic mass is 10.2. The van der Waals surface area contributed by atoms with Gasteiger partial charge in [0, 0.05) is 31.5 Å². The van der Waals surface area contributed by atoms with Gasteiger partial charge in [-0.1, -0.05) is 12.1 Å². The Balaban J connectivity index is 1.53. The van der Waals surface area contributed by atoms with Crippen LogP contribution >= 0.6 is 0 Å². The number of fused-ring (bicyclic) bond motifs is 3. The van der Waals surface area contributed by atoms with Gasteiger partial charge in [-0.15, -0.1) is 0 Å². The van der Waals surface area contributed by atoms with Crippen LogP contribution in [0.2, 0.25) is 0 Å². The predicted octanol–water partition coefficient (Wildman–Crippen LogP) is 3.99. The molecular formula is C20H21F2N3O4. The number of hydrogen-bond acceptors (Lipinski definition) is 6. The van der Waals surface area contributed by atoms with E-state index in [0.29, 0.717) is 16.9 Å². The van der Waals surface area contributed by atoms with Crippen LogP contribution in [0.15, 0.2) is 28.7 Å². The van der Waals surface area contributed by atoms with Crippen molar-refractivity contribution in [3.63, 3.8) is 0 Å². The molecule has 1 aromatic carbocycles. The minimum atomic E-state index is -3.74. The number of furan rings is 1. The maximum absolute atomic E-state index is 13.1. The Labute approximate surface area is 165 Å². The smallest absolute Gasteiger partial charge is 0.374 e. The first-order chi connectivity index (χ1) is 14.0. The zero-order chi connectivity index (χ0) is 20.4. The van der Waals surface area contributed by atoms with Gasteiger partial charge >= 0.3 is 11.9 Å². The summed E-state index contributed by atoms with van der Waals surface area (Å²) in [5, 5.41) is 9.33. The molecule has 0 atom stereocenters. The van der Waals surface area contributed by atoms with Gasteiger partial charge in [-0.3, -0.25) is 0 Å². The third-order valence-electron chi connectivity index (χ3n) is 4.98. The van der Waals surface area contributed by atoms with E-state index in [4.69, 9.17) is 14.3 Å². The molecular weight excluding hydrogens is 384 g/mol. The van der Waals surface area contributed by atoms with Crippen molar-refractivity contribution < 1.29 is 27.8 Å². The molecule has 0 saturated carbocycles. The molecule has 1 saturated heterocycles. The molecule has 0 spiro atoms. The second-order valence-corrected chi connectivity index (χ2v) is 7.10. The van der Waals surface area contributed by atoms with Crippen LogP contribution in [0.4, 0.5) is 14.6 Å². The second-order valence-electron chi connectivity index (χ2n) is 7.10. The maximum atomic E-state index is 13.1. The van der Waals surface area contributed by atoms with Gasteiger partial charge in [0.15, 0.2) is 17.2 Å². The molecule has 0 aliphatic carbocycles. The molecule has 1 aliphatic heterocycles. The molecule has 9 heteroatoms. The van der Waals surface area contributed by atoms with Crippen LogP contribution < -0.4 is 4.90 Å². The van der Waals surface area contributed by atoms with Crippen LogP contribution in [0.1, 0.15) is 31.5 Å². The van der Waals surface area contributed by atoms with E-state index in [-0.39, 0.29) is 19.6 Å². The second kappa shape index (κ2) is 7.90. The van der Waals surface area contributed by atoms with Gasteiger partial charge in [-0.25, -0.2) is 14.8 Å². The summed E-state index contributed by atoms with van der Waals surface area (Å²) in [7, 11) is 0. The summed E-state index contributed by atoms with van der Waals surface area (Å²) in [5.74, 6) is -4.69. The van der Waals surface area contributed by atoms with Crippen molar-refractivity contribution in [1.82, 2.24) is 9.97 Å². The molecule has 4 rings (SSSR count). The molecule has 2 aromatic heterocycles. The summed E-state index contributed by atoms with van der Waals surface area (Å²) in [6, 6.07) is 7.61.